The van der Waals surface area contributed by atoms with Gasteiger partial charge in [-0.2, -0.15) is 0 Å². The number of thioether (sulfide) groups is 1. The minimum atomic E-state index is -0.0514. The Hall–Kier alpha value is -1.04. The number of methoxy groups -OCH3 is 1. The Morgan fingerprint density at radius 1 is 1.53 bits per heavy atom. The summed E-state index contributed by atoms with van der Waals surface area (Å²) in [4.78, 5) is 14.2. The van der Waals surface area contributed by atoms with Crippen LogP contribution in [0.15, 0.2) is 23.1 Å². The number of thiocarbonyl (C=S) groups is 1. The summed E-state index contributed by atoms with van der Waals surface area (Å²) in [6.07, 6.45) is 1.79. The Morgan fingerprint density at radius 2 is 2.26 bits per heavy atom. The molecule has 100 valence electrons. The van der Waals surface area contributed by atoms with Gasteiger partial charge in [0, 0.05) is 6.54 Å². The molecule has 0 bridgehead atoms. The number of carbonyl (C=O) groups excluding carboxylic acids is 1. The van der Waals surface area contributed by atoms with Gasteiger partial charge in [0.05, 0.1) is 17.0 Å². The van der Waals surface area contributed by atoms with Crippen LogP contribution in [0.5, 0.6) is 5.75 Å². The molecule has 1 heterocycles. The predicted molar refractivity (Wildman–Crippen MR) is 83.6 cm³/mol. The molecule has 1 aliphatic heterocycles. The van der Waals surface area contributed by atoms with Crippen molar-refractivity contribution in [3.05, 3.63) is 33.7 Å². The van der Waals surface area contributed by atoms with Crippen molar-refractivity contribution in [3.8, 4) is 5.75 Å². The molecule has 19 heavy (non-hydrogen) atoms. The fourth-order valence-corrected chi connectivity index (χ4v) is 3.35. The van der Waals surface area contributed by atoms with Gasteiger partial charge in [-0.1, -0.05) is 41.6 Å². The van der Waals surface area contributed by atoms with Crippen LogP contribution in [0.1, 0.15) is 12.5 Å². The topological polar surface area (TPSA) is 29.5 Å². The van der Waals surface area contributed by atoms with Crippen molar-refractivity contribution >= 4 is 51.9 Å². The molecule has 1 amide bonds. The van der Waals surface area contributed by atoms with Crippen molar-refractivity contribution in [2.75, 3.05) is 13.7 Å². The van der Waals surface area contributed by atoms with Crippen LogP contribution < -0.4 is 4.74 Å². The third kappa shape index (κ3) is 2.94. The van der Waals surface area contributed by atoms with Crippen LogP contribution in [0.25, 0.3) is 6.08 Å². The Labute approximate surface area is 126 Å². The monoisotopic (exact) mass is 313 g/mol. The summed E-state index contributed by atoms with van der Waals surface area (Å²) < 4.78 is 5.68. The highest BCUT2D eigenvalue weighted by atomic mass is 35.5. The lowest BCUT2D eigenvalue weighted by Crippen LogP contribution is -2.27. The van der Waals surface area contributed by atoms with E-state index in [0.29, 0.717) is 26.5 Å². The zero-order valence-electron chi connectivity index (χ0n) is 10.5. The van der Waals surface area contributed by atoms with Crippen LogP contribution in [0.3, 0.4) is 0 Å². The summed E-state index contributed by atoms with van der Waals surface area (Å²) in [5.74, 6) is 0.560. The average Bonchev–Trinajstić information content (AvgIpc) is 2.64. The number of hydrogen-bond acceptors (Lipinski definition) is 4. The summed E-state index contributed by atoms with van der Waals surface area (Å²) in [7, 11) is 1.56. The first-order valence-electron chi connectivity index (χ1n) is 5.65. The normalized spacial score (nSPS) is 17.4. The van der Waals surface area contributed by atoms with Gasteiger partial charge in [-0.3, -0.25) is 9.69 Å². The lowest BCUT2D eigenvalue weighted by atomic mass is 10.2. The Kier molecular flexibility index (Phi) is 4.50. The third-order valence-electron chi connectivity index (χ3n) is 2.66. The molecule has 2 rings (SSSR count). The van der Waals surface area contributed by atoms with Crippen molar-refractivity contribution in [3.63, 3.8) is 0 Å². The number of amides is 1. The smallest absolute Gasteiger partial charge is 0.266 e. The van der Waals surface area contributed by atoms with Gasteiger partial charge in [0.1, 0.15) is 10.1 Å². The molecular formula is C13H12ClNO2S2. The van der Waals surface area contributed by atoms with Crippen molar-refractivity contribution in [1.29, 1.82) is 0 Å². The van der Waals surface area contributed by atoms with E-state index in [-0.39, 0.29) is 5.91 Å². The van der Waals surface area contributed by atoms with Gasteiger partial charge in [0.2, 0.25) is 0 Å². The summed E-state index contributed by atoms with van der Waals surface area (Å²) >= 11 is 12.5. The summed E-state index contributed by atoms with van der Waals surface area (Å²) in [6, 6.07) is 5.39. The van der Waals surface area contributed by atoms with Crippen LogP contribution in [-0.2, 0) is 4.79 Å². The minimum absolute atomic E-state index is 0.0514. The number of nitrogens with zero attached hydrogens (tertiary/aromatic N) is 1. The van der Waals surface area contributed by atoms with E-state index in [1.807, 2.05) is 13.0 Å². The molecule has 1 aliphatic rings. The summed E-state index contributed by atoms with van der Waals surface area (Å²) in [5.41, 5.74) is 0.849. The maximum atomic E-state index is 12.1. The number of benzene rings is 1. The molecule has 0 aliphatic carbocycles. The predicted octanol–water partition coefficient (Wildman–Crippen LogP) is 3.57. The maximum Gasteiger partial charge on any atom is 0.266 e. The molecule has 0 atom stereocenters. The average molecular weight is 314 g/mol. The molecule has 1 aromatic carbocycles. The first-order valence-corrected chi connectivity index (χ1v) is 7.26. The fraction of sp³-hybridized carbons (Fsp3) is 0.231. The SMILES string of the molecule is CCN1C(=O)/C(=C/c2ccc(OC)c(Cl)c2)SC1=S. The van der Waals surface area contributed by atoms with E-state index in [0.717, 1.165) is 5.56 Å². The molecule has 0 unspecified atom stereocenters. The first-order chi connectivity index (χ1) is 9.06. The van der Waals surface area contributed by atoms with Gasteiger partial charge in [-0.25, -0.2) is 0 Å². The second kappa shape index (κ2) is 5.94. The molecule has 0 N–H and O–H groups in total. The van der Waals surface area contributed by atoms with Gasteiger partial charge < -0.3 is 4.74 Å². The molecule has 1 aromatic rings. The lowest BCUT2D eigenvalue weighted by Gasteiger charge is -2.09. The van der Waals surface area contributed by atoms with E-state index < -0.39 is 0 Å². The second-order valence-electron chi connectivity index (χ2n) is 3.82. The molecular weight excluding hydrogens is 302 g/mol. The van der Waals surface area contributed by atoms with Crippen LogP contribution in [0.2, 0.25) is 5.02 Å². The van der Waals surface area contributed by atoms with E-state index in [9.17, 15) is 4.79 Å². The fourth-order valence-electron chi connectivity index (χ4n) is 1.70. The number of carbonyl (C=O) groups is 1. The number of halogens is 1. The Bertz CT molecular complexity index is 572. The standard InChI is InChI=1S/C13H12ClNO2S2/c1-3-15-12(16)11(19-13(15)18)7-8-4-5-10(17-2)9(14)6-8/h4-7H,3H2,1-2H3/b11-7-. The van der Waals surface area contributed by atoms with E-state index in [4.69, 9.17) is 28.6 Å². The quantitative estimate of drug-likeness (QED) is 0.630. The van der Waals surface area contributed by atoms with Gasteiger partial charge in [0.25, 0.3) is 5.91 Å². The number of ether oxygens (including phenoxy) is 1. The van der Waals surface area contributed by atoms with Crippen molar-refractivity contribution in [1.82, 2.24) is 4.90 Å². The van der Waals surface area contributed by atoms with E-state index in [1.165, 1.54) is 11.8 Å². The molecule has 1 fully saturated rings. The molecule has 1 saturated heterocycles. The highest BCUT2D eigenvalue weighted by Gasteiger charge is 2.30. The van der Waals surface area contributed by atoms with Crippen LogP contribution in [0.4, 0.5) is 0 Å². The molecule has 6 heteroatoms. The van der Waals surface area contributed by atoms with Crippen LogP contribution >= 0.6 is 35.6 Å². The van der Waals surface area contributed by atoms with E-state index in [1.54, 1.807) is 30.2 Å². The zero-order valence-corrected chi connectivity index (χ0v) is 12.9. The lowest BCUT2D eigenvalue weighted by molar-refractivity contribution is -0.121. The summed E-state index contributed by atoms with van der Waals surface area (Å²) in [5, 5.41) is 0.516. The van der Waals surface area contributed by atoms with Crippen molar-refractivity contribution in [2.45, 2.75) is 6.92 Å². The third-order valence-corrected chi connectivity index (χ3v) is 4.34. The first kappa shape index (κ1) is 14.4. The highest BCUT2D eigenvalue weighted by molar-refractivity contribution is 8.26. The number of rotatable bonds is 3. The zero-order chi connectivity index (χ0) is 14.0. The molecule has 0 saturated carbocycles. The maximum absolute atomic E-state index is 12.1. The van der Waals surface area contributed by atoms with Gasteiger partial charge in [0.15, 0.2) is 0 Å². The Morgan fingerprint density at radius 3 is 2.79 bits per heavy atom. The summed E-state index contributed by atoms with van der Waals surface area (Å²) in [6.45, 7) is 2.49. The Balaban J connectivity index is 2.30. The van der Waals surface area contributed by atoms with Gasteiger partial charge in [-0.15, -0.1) is 0 Å². The van der Waals surface area contributed by atoms with Crippen LogP contribution in [0, 0.1) is 0 Å². The van der Waals surface area contributed by atoms with Gasteiger partial charge >= 0.3 is 0 Å². The highest BCUT2D eigenvalue weighted by Crippen LogP contribution is 2.33. The minimum Gasteiger partial charge on any atom is -0.495 e. The molecule has 0 radical (unpaired) electrons. The molecule has 0 aromatic heterocycles. The molecule has 3 nitrogen and oxygen atoms in total. The largest absolute Gasteiger partial charge is 0.495 e. The van der Waals surface area contributed by atoms with Crippen molar-refractivity contribution in [2.24, 2.45) is 0 Å². The van der Waals surface area contributed by atoms with E-state index in [2.05, 4.69) is 0 Å². The number of likely N-dealkylation sites (N-methyl/N-ethyl adjacent to an activating group) is 1. The second-order valence-corrected chi connectivity index (χ2v) is 5.90. The van der Waals surface area contributed by atoms with Crippen molar-refractivity contribution < 1.29 is 9.53 Å². The van der Waals surface area contributed by atoms with Gasteiger partial charge in [-0.05, 0) is 30.7 Å². The van der Waals surface area contributed by atoms with Crippen LogP contribution in [-0.4, -0.2) is 28.8 Å². The number of hydrogen-bond donors (Lipinski definition) is 0. The molecule has 0 spiro atoms. The van der Waals surface area contributed by atoms with E-state index >= 15 is 0 Å².